The minimum absolute atomic E-state index is 0.0744. The molecule has 0 N–H and O–H groups in total. The second kappa shape index (κ2) is 10.1. The Hall–Kier alpha value is -4.10. The predicted molar refractivity (Wildman–Crippen MR) is 175 cm³/mol. The molecule has 0 spiro atoms. The number of benzene rings is 5. The third-order valence-electron chi connectivity index (χ3n) is 9.40. The van der Waals surface area contributed by atoms with Gasteiger partial charge in [-0.25, -0.2) is 0 Å². The molecular formula is C40H39N. The molecule has 0 atom stereocenters. The van der Waals surface area contributed by atoms with E-state index in [0.717, 1.165) is 0 Å². The number of hydrogen-bond donors (Lipinski definition) is 0. The largest absolute Gasteiger partial charge is 0.310 e. The maximum absolute atomic E-state index is 2.55. The lowest BCUT2D eigenvalue weighted by Gasteiger charge is -2.31. The molecule has 0 radical (unpaired) electrons. The van der Waals surface area contributed by atoms with Gasteiger partial charge in [0.05, 0.1) is 5.69 Å². The lowest BCUT2D eigenvalue weighted by molar-refractivity contribution is 0.660. The molecule has 0 aromatic heterocycles. The molecule has 0 aliphatic heterocycles. The number of nitrogens with zero attached hydrogens (tertiary/aromatic N) is 1. The molecule has 41 heavy (non-hydrogen) atoms. The average molecular weight is 534 g/mol. The Labute approximate surface area is 245 Å². The molecule has 0 saturated heterocycles. The van der Waals surface area contributed by atoms with Gasteiger partial charge < -0.3 is 4.90 Å². The molecule has 2 aliphatic rings. The van der Waals surface area contributed by atoms with E-state index in [2.05, 4.69) is 142 Å². The van der Waals surface area contributed by atoms with E-state index >= 15 is 0 Å². The first-order chi connectivity index (χ1) is 19.9. The Morgan fingerprint density at radius 1 is 0.561 bits per heavy atom. The van der Waals surface area contributed by atoms with Crippen LogP contribution in [-0.4, -0.2) is 0 Å². The van der Waals surface area contributed by atoms with Crippen LogP contribution in [0.4, 0.5) is 17.1 Å². The quantitative estimate of drug-likeness (QED) is 0.217. The number of aryl methyl sites for hydroxylation is 2. The molecule has 5 aromatic carbocycles. The third kappa shape index (κ3) is 4.30. The van der Waals surface area contributed by atoms with Crippen molar-refractivity contribution in [3.63, 3.8) is 0 Å². The molecular weight excluding hydrogens is 494 g/mol. The van der Waals surface area contributed by atoms with E-state index in [0.29, 0.717) is 5.92 Å². The third-order valence-corrected chi connectivity index (χ3v) is 9.40. The summed E-state index contributed by atoms with van der Waals surface area (Å²) in [5.74, 6) is 0.434. The van der Waals surface area contributed by atoms with Gasteiger partial charge in [0.1, 0.15) is 0 Å². The Morgan fingerprint density at radius 3 is 1.78 bits per heavy atom. The Bertz CT molecular complexity index is 1690. The van der Waals surface area contributed by atoms with Gasteiger partial charge >= 0.3 is 0 Å². The van der Waals surface area contributed by atoms with Crippen molar-refractivity contribution in [3.8, 4) is 22.3 Å². The minimum atomic E-state index is -0.0744. The van der Waals surface area contributed by atoms with Crippen molar-refractivity contribution in [2.75, 3.05) is 4.90 Å². The Morgan fingerprint density at radius 2 is 1.15 bits per heavy atom. The molecule has 0 fully saturated rings. The zero-order valence-electron chi connectivity index (χ0n) is 24.7. The van der Waals surface area contributed by atoms with Crippen molar-refractivity contribution < 1.29 is 0 Å². The lowest BCUT2D eigenvalue weighted by Crippen LogP contribution is -2.17. The highest BCUT2D eigenvalue weighted by molar-refractivity contribution is 5.95. The van der Waals surface area contributed by atoms with Crippen LogP contribution in [0.1, 0.15) is 74.3 Å². The SMILES string of the molecule is CC(C)c1cc2c(cc1-c1cc3c(cc1N(c1ccccc1)c1ccccc1)C(C)(C)c1ccccc1-3)CCCC2. The van der Waals surface area contributed by atoms with Crippen molar-refractivity contribution in [3.05, 3.63) is 137 Å². The topological polar surface area (TPSA) is 3.24 Å². The zero-order chi connectivity index (χ0) is 28.1. The van der Waals surface area contributed by atoms with Gasteiger partial charge in [-0.1, -0.05) is 100 Å². The van der Waals surface area contributed by atoms with Crippen LogP contribution in [0.25, 0.3) is 22.3 Å². The molecule has 1 nitrogen and oxygen atoms in total. The molecule has 5 aromatic rings. The van der Waals surface area contributed by atoms with Gasteiger partial charge in [0.25, 0.3) is 0 Å². The monoisotopic (exact) mass is 533 g/mol. The van der Waals surface area contributed by atoms with Crippen LogP contribution in [0.15, 0.2) is 109 Å². The number of anilines is 3. The Balaban J connectivity index is 1.58. The first-order valence-electron chi connectivity index (χ1n) is 15.3. The lowest BCUT2D eigenvalue weighted by atomic mass is 9.80. The molecule has 7 rings (SSSR count). The first kappa shape index (κ1) is 25.8. The van der Waals surface area contributed by atoms with Crippen LogP contribution < -0.4 is 4.90 Å². The van der Waals surface area contributed by atoms with Crippen molar-refractivity contribution in [2.45, 2.75) is 64.7 Å². The summed E-state index contributed by atoms with van der Waals surface area (Å²) in [6, 6.07) is 40.9. The fraction of sp³-hybridized carbons (Fsp3) is 0.250. The molecule has 0 heterocycles. The fourth-order valence-corrected chi connectivity index (χ4v) is 7.23. The van der Waals surface area contributed by atoms with Gasteiger partial charge in [-0.05, 0) is 113 Å². The summed E-state index contributed by atoms with van der Waals surface area (Å²) in [5, 5.41) is 0. The first-order valence-corrected chi connectivity index (χ1v) is 15.3. The highest BCUT2D eigenvalue weighted by atomic mass is 15.1. The van der Waals surface area contributed by atoms with Gasteiger partial charge in [-0.3, -0.25) is 0 Å². The number of fused-ring (bicyclic) bond motifs is 4. The van der Waals surface area contributed by atoms with Crippen molar-refractivity contribution in [1.82, 2.24) is 0 Å². The minimum Gasteiger partial charge on any atom is -0.310 e. The highest BCUT2D eigenvalue weighted by Crippen LogP contribution is 2.54. The maximum Gasteiger partial charge on any atom is 0.0543 e. The molecule has 0 unspecified atom stereocenters. The van der Waals surface area contributed by atoms with Crippen molar-refractivity contribution in [1.29, 1.82) is 0 Å². The summed E-state index contributed by atoms with van der Waals surface area (Å²) in [6.07, 6.45) is 4.97. The number of para-hydroxylation sites is 2. The van der Waals surface area contributed by atoms with E-state index in [1.54, 1.807) is 5.56 Å². The van der Waals surface area contributed by atoms with Gasteiger partial charge in [-0.15, -0.1) is 0 Å². The summed E-state index contributed by atoms with van der Waals surface area (Å²) < 4.78 is 0. The molecule has 0 amide bonds. The van der Waals surface area contributed by atoms with E-state index in [-0.39, 0.29) is 5.41 Å². The van der Waals surface area contributed by atoms with Gasteiger partial charge in [0.15, 0.2) is 0 Å². The summed E-state index contributed by atoms with van der Waals surface area (Å²) >= 11 is 0. The van der Waals surface area contributed by atoms with Crippen LogP contribution in [0.2, 0.25) is 0 Å². The second-order valence-electron chi connectivity index (χ2n) is 12.7. The molecule has 204 valence electrons. The molecule has 1 heteroatoms. The number of rotatable bonds is 5. The van der Waals surface area contributed by atoms with E-state index in [9.17, 15) is 0 Å². The maximum atomic E-state index is 2.55. The summed E-state index contributed by atoms with van der Waals surface area (Å²) in [5.41, 5.74) is 16.3. The van der Waals surface area contributed by atoms with Gasteiger partial charge in [0.2, 0.25) is 0 Å². The van der Waals surface area contributed by atoms with E-state index in [1.807, 2.05) is 0 Å². The molecule has 0 saturated carbocycles. The fourth-order valence-electron chi connectivity index (χ4n) is 7.23. The Kier molecular flexibility index (Phi) is 6.35. The van der Waals surface area contributed by atoms with Crippen LogP contribution in [0.3, 0.4) is 0 Å². The van der Waals surface area contributed by atoms with Gasteiger partial charge in [-0.2, -0.15) is 0 Å². The highest BCUT2D eigenvalue weighted by Gasteiger charge is 2.37. The second-order valence-corrected chi connectivity index (χ2v) is 12.7. The molecule has 0 bridgehead atoms. The van der Waals surface area contributed by atoms with Crippen LogP contribution >= 0.6 is 0 Å². The van der Waals surface area contributed by atoms with Crippen LogP contribution in [-0.2, 0) is 18.3 Å². The van der Waals surface area contributed by atoms with E-state index < -0.39 is 0 Å². The van der Waals surface area contributed by atoms with Crippen LogP contribution in [0, 0.1) is 0 Å². The van der Waals surface area contributed by atoms with Gasteiger partial charge in [0, 0.05) is 22.4 Å². The predicted octanol–water partition coefficient (Wildman–Crippen LogP) is 11.1. The number of hydrogen-bond acceptors (Lipinski definition) is 1. The van der Waals surface area contributed by atoms with Crippen molar-refractivity contribution >= 4 is 17.1 Å². The van der Waals surface area contributed by atoms with E-state index in [1.165, 1.54) is 87.3 Å². The zero-order valence-corrected chi connectivity index (χ0v) is 24.7. The van der Waals surface area contributed by atoms with E-state index in [4.69, 9.17) is 0 Å². The average Bonchev–Trinajstić information content (AvgIpc) is 3.23. The standard InChI is InChI=1S/C40H39N/c1-27(2)33-23-28-15-11-12-16-29(28)24-34(33)36-25-35-32-21-13-14-22-37(32)40(3,4)38(35)26-39(36)41(30-17-7-5-8-18-30)31-19-9-6-10-20-31/h5-10,13-14,17-27H,11-12,15-16H2,1-4H3. The molecule has 2 aliphatic carbocycles. The summed E-state index contributed by atoms with van der Waals surface area (Å²) in [7, 11) is 0. The van der Waals surface area contributed by atoms with Crippen molar-refractivity contribution in [2.24, 2.45) is 0 Å². The summed E-state index contributed by atoms with van der Waals surface area (Å²) in [4.78, 5) is 2.47. The van der Waals surface area contributed by atoms with Crippen LogP contribution in [0.5, 0.6) is 0 Å². The normalized spacial score (nSPS) is 14.9. The summed E-state index contributed by atoms with van der Waals surface area (Å²) in [6.45, 7) is 9.47. The smallest absolute Gasteiger partial charge is 0.0543 e.